The van der Waals surface area contributed by atoms with Crippen molar-refractivity contribution >= 4 is 0 Å². The molecule has 3 heteroatoms. The summed E-state index contributed by atoms with van der Waals surface area (Å²) in [6.45, 7) is 3.49. The van der Waals surface area contributed by atoms with E-state index in [1.165, 1.54) is 5.69 Å². The van der Waals surface area contributed by atoms with Crippen LogP contribution in [0.3, 0.4) is 0 Å². The summed E-state index contributed by atoms with van der Waals surface area (Å²) in [6, 6.07) is 0. The zero-order chi connectivity index (χ0) is 6.97. The fourth-order valence-electron chi connectivity index (χ4n) is 1.26. The first-order valence-electron chi connectivity index (χ1n) is 3.48. The number of fused-ring (bicyclic) bond motifs is 1. The second kappa shape index (κ2) is 2.09. The Hall–Kier alpha value is -0.830. The molecular weight excluding hydrogens is 128 g/mol. The Labute approximate surface area is 59.4 Å². The van der Waals surface area contributed by atoms with E-state index >= 15 is 0 Å². The van der Waals surface area contributed by atoms with E-state index in [4.69, 9.17) is 4.74 Å². The molecule has 0 atom stereocenters. The quantitative estimate of drug-likeness (QED) is 0.575. The summed E-state index contributed by atoms with van der Waals surface area (Å²) in [7, 11) is 0. The first-order valence-corrected chi connectivity index (χ1v) is 3.48. The molecule has 0 amide bonds. The molecule has 1 aliphatic heterocycles. The van der Waals surface area contributed by atoms with Crippen molar-refractivity contribution in [3.05, 3.63) is 17.2 Å². The van der Waals surface area contributed by atoms with Crippen LogP contribution in [-0.2, 0) is 17.8 Å². The lowest BCUT2D eigenvalue weighted by atomic mass is 10.2. The summed E-state index contributed by atoms with van der Waals surface area (Å²) < 4.78 is 5.24. The van der Waals surface area contributed by atoms with Crippen molar-refractivity contribution < 1.29 is 4.74 Å². The molecule has 0 saturated carbocycles. The number of aryl methyl sites for hydroxylation is 1. The molecule has 1 aromatic heterocycles. The van der Waals surface area contributed by atoms with Crippen LogP contribution >= 0.6 is 0 Å². The number of rotatable bonds is 0. The highest BCUT2D eigenvalue weighted by atomic mass is 16.5. The van der Waals surface area contributed by atoms with Gasteiger partial charge in [0, 0.05) is 6.42 Å². The molecule has 1 N–H and O–H groups in total. The van der Waals surface area contributed by atoms with Crippen LogP contribution in [0.2, 0.25) is 0 Å². The number of aromatic nitrogens is 2. The molecule has 2 heterocycles. The van der Waals surface area contributed by atoms with E-state index < -0.39 is 0 Å². The molecule has 0 saturated heterocycles. The summed E-state index contributed by atoms with van der Waals surface area (Å²) in [5.41, 5.74) is 2.34. The van der Waals surface area contributed by atoms with Crippen molar-refractivity contribution in [3.63, 3.8) is 0 Å². The second-order valence-corrected chi connectivity index (χ2v) is 2.55. The van der Waals surface area contributed by atoms with Gasteiger partial charge in [-0.2, -0.15) is 0 Å². The van der Waals surface area contributed by atoms with E-state index in [-0.39, 0.29) is 0 Å². The van der Waals surface area contributed by atoms with E-state index in [0.29, 0.717) is 6.61 Å². The van der Waals surface area contributed by atoms with Crippen molar-refractivity contribution in [2.75, 3.05) is 6.61 Å². The summed E-state index contributed by atoms with van der Waals surface area (Å²) in [4.78, 5) is 7.48. The topological polar surface area (TPSA) is 37.9 Å². The molecule has 54 valence electrons. The van der Waals surface area contributed by atoms with Gasteiger partial charge >= 0.3 is 0 Å². The molecule has 0 spiro atoms. The maximum atomic E-state index is 5.24. The molecule has 0 aliphatic carbocycles. The van der Waals surface area contributed by atoms with E-state index in [9.17, 15) is 0 Å². The third kappa shape index (κ3) is 0.827. The maximum Gasteiger partial charge on any atom is 0.103 e. The van der Waals surface area contributed by atoms with Gasteiger partial charge in [0.1, 0.15) is 5.82 Å². The number of imidazole rings is 1. The van der Waals surface area contributed by atoms with Gasteiger partial charge in [0.05, 0.1) is 24.6 Å². The van der Waals surface area contributed by atoms with Crippen LogP contribution in [0.25, 0.3) is 0 Å². The zero-order valence-electron chi connectivity index (χ0n) is 5.98. The highest BCUT2D eigenvalue weighted by molar-refractivity contribution is 5.15. The minimum Gasteiger partial charge on any atom is -0.375 e. The zero-order valence-corrected chi connectivity index (χ0v) is 5.98. The Balaban J connectivity index is 2.41. The van der Waals surface area contributed by atoms with E-state index in [1.807, 2.05) is 6.92 Å². The third-order valence-corrected chi connectivity index (χ3v) is 1.71. The van der Waals surface area contributed by atoms with E-state index in [2.05, 4.69) is 9.97 Å². The predicted octanol–water partition coefficient (Wildman–Crippen LogP) is 0.791. The highest BCUT2D eigenvalue weighted by Gasteiger charge is 2.12. The van der Waals surface area contributed by atoms with Crippen molar-refractivity contribution in [2.45, 2.75) is 20.0 Å². The van der Waals surface area contributed by atoms with Crippen LogP contribution in [0.1, 0.15) is 17.2 Å². The average molecular weight is 138 g/mol. The fourth-order valence-corrected chi connectivity index (χ4v) is 1.26. The monoisotopic (exact) mass is 138 g/mol. The molecule has 3 nitrogen and oxygen atoms in total. The van der Waals surface area contributed by atoms with E-state index in [1.54, 1.807) is 0 Å². The average Bonchev–Trinajstić information content (AvgIpc) is 2.27. The van der Waals surface area contributed by atoms with Crippen LogP contribution in [-0.4, -0.2) is 16.6 Å². The van der Waals surface area contributed by atoms with Crippen molar-refractivity contribution in [2.24, 2.45) is 0 Å². The van der Waals surface area contributed by atoms with Gasteiger partial charge in [-0.15, -0.1) is 0 Å². The molecule has 0 bridgehead atoms. The van der Waals surface area contributed by atoms with Gasteiger partial charge in [-0.25, -0.2) is 4.98 Å². The lowest BCUT2D eigenvalue weighted by Crippen LogP contribution is -2.08. The molecule has 10 heavy (non-hydrogen) atoms. The third-order valence-electron chi connectivity index (χ3n) is 1.71. The minimum absolute atomic E-state index is 0.705. The minimum atomic E-state index is 0.705. The van der Waals surface area contributed by atoms with Crippen LogP contribution in [0.4, 0.5) is 0 Å². The molecular formula is C7H10N2O. The smallest absolute Gasteiger partial charge is 0.103 e. The fraction of sp³-hybridized carbons (Fsp3) is 0.571. The summed E-state index contributed by atoms with van der Waals surface area (Å²) >= 11 is 0. The van der Waals surface area contributed by atoms with Crippen LogP contribution in [0.15, 0.2) is 0 Å². The Morgan fingerprint density at radius 2 is 2.50 bits per heavy atom. The normalized spacial score (nSPS) is 16.9. The maximum absolute atomic E-state index is 5.24. The van der Waals surface area contributed by atoms with Gasteiger partial charge < -0.3 is 9.72 Å². The summed E-state index contributed by atoms with van der Waals surface area (Å²) in [5, 5.41) is 0. The number of H-pyrrole nitrogens is 1. The summed E-state index contributed by atoms with van der Waals surface area (Å²) in [5.74, 6) is 0.996. The first-order chi connectivity index (χ1) is 4.86. The summed E-state index contributed by atoms with van der Waals surface area (Å²) in [6.07, 6.45) is 0.958. The number of nitrogens with zero attached hydrogens (tertiary/aromatic N) is 1. The van der Waals surface area contributed by atoms with Crippen molar-refractivity contribution in [1.29, 1.82) is 0 Å². The Morgan fingerprint density at radius 1 is 1.60 bits per heavy atom. The molecule has 0 radical (unpaired) electrons. The van der Waals surface area contributed by atoms with Gasteiger partial charge in [-0.1, -0.05) is 0 Å². The van der Waals surface area contributed by atoms with Gasteiger partial charge in [-0.05, 0) is 6.92 Å². The number of aromatic amines is 1. The van der Waals surface area contributed by atoms with E-state index in [0.717, 1.165) is 24.5 Å². The molecule has 0 fully saturated rings. The van der Waals surface area contributed by atoms with Gasteiger partial charge in [0.25, 0.3) is 0 Å². The molecule has 1 aromatic rings. The molecule has 2 rings (SSSR count). The number of ether oxygens (including phenoxy) is 1. The molecule has 0 unspecified atom stereocenters. The van der Waals surface area contributed by atoms with Gasteiger partial charge in [0.2, 0.25) is 0 Å². The van der Waals surface area contributed by atoms with Crippen LogP contribution < -0.4 is 0 Å². The lowest BCUT2D eigenvalue weighted by Gasteiger charge is -2.09. The van der Waals surface area contributed by atoms with Crippen LogP contribution in [0.5, 0.6) is 0 Å². The SMILES string of the molecule is Cc1nc2c([nH]1)COCC2. The van der Waals surface area contributed by atoms with Crippen LogP contribution in [0, 0.1) is 6.92 Å². The Bertz CT molecular complexity index is 218. The molecule has 1 aliphatic rings. The number of hydrogen-bond acceptors (Lipinski definition) is 2. The van der Waals surface area contributed by atoms with Crippen molar-refractivity contribution in [1.82, 2.24) is 9.97 Å². The standard InChI is InChI=1S/C7H10N2O/c1-5-8-6-2-3-10-4-7(6)9-5/h2-4H2,1H3,(H,8,9). The highest BCUT2D eigenvalue weighted by Crippen LogP contribution is 2.12. The lowest BCUT2D eigenvalue weighted by molar-refractivity contribution is 0.107. The molecule has 0 aromatic carbocycles. The van der Waals surface area contributed by atoms with Gasteiger partial charge in [-0.3, -0.25) is 0 Å². The number of nitrogens with one attached hydrogen (secondary N) is 1. The van der Waals surface area contributed by atoms with Crippen molar-refractivity contribution in [3.8, 4) is 0 Å². The predicted molar refractivity (Wildman–Crippen MR) is 36.7 cm³/mol. The Kier molecular flexibility index (Phi) is 1.24. The first kappa shape index (κ1) is 5.92. The second-order valence-electron chi connectivity index (χ2n) is 2.55. The number of hydrogen-bond donors (Lipinski definition) is 1. The largest absolute Gasteiger partial charge is 0.375 e. The van der Waals surface area contributed by atoms with Gasteiger partial charge in [0.15, 0.2) is 0 Å². The Morgan fingerprint density at radius 3 is 3.30 bits per heavy atom.